The first kappa shape index (κ1) is 21.8. The van der Waals surface area contributed by atoms with Crippen LogP contribution in [0.4, 0.5) is 5.82 Å². The third-order valence-electron chi connectivity index (χ3n) is 6.21. The second-order valence-electron chi connectivity index (χ2n) is 8.00. The normalized spacial score (nSPS) is 17.2. The number of hydrogen-bond acceptors (Lipinski definition) is 4. The molecule has 0 saturated carbocycles. The number of aryl methyl sites for hydroxylation is 1. The van der Waals surface area contributed by atoms with Crippen molar-refractivity contribution in [2.24, 2.45) is 0 Å². The van der Waals surface area contributed by atoms with Gasteiger partial charge in [-0.05, 0) is 66.5 Å². The zero-order valence-electron chi connectivity index (χ0n) is 18.2. The lowest BCUT2D eigenvalue weighted by Crippen LogP contribution is -2.38. The number of halogens is 1. The Morgan fingerprint density at radius 1 is 1.29 bits per heavy atom. The highest BCUT2D eigenvalue weighted by Gasteiger charge is 2.29. The van der Waals surface area contributed by atoms with Gasteiger partial charge >= 0.3 is 0 Å². The molecule has 8 heteroatoms. The van der Waals surface area contributed by atoms with Gasteiger partial charge in [-0.15, -0.1) is 0 Å². The molecule has 0 radical (unpaired) electrons. The molecule has 0 aliphatic carbocycles. The number of pyridine rings is 1. The zero-order valence-corrected chi connectivity index (χ0v) is 19.8. The highest BCUT2D eigenvalue weighted by Crippen LogP contribution is 2.34. The summed E-state index contributed by atoms with van der Waals surface area (Å²) < 4.78 is 0.812. The molecule has 4 rings (SSSR count). The van der Waals surface area contributed by atoms with Crippen LogP contribution < -0.4 is 5.32 Å². The van der Waals surface area contributed by atoms with Crippen LogP contribution in [0.25, 0.3) is 11.6 Å². The fraction of sp³-hybridized carbons (Fsp3) is 0.435. The topological polar surface area (TPSA) is 81.3 Å². The smallest absolute Gasteiger partial charge is 0.257 e. The number of carbonyl (C=O) groups is 2. The average molecular weight is 486 g/mol. The SMILES string of the molecule is CCN(CC)CCN1CCCc2[nH]c(C=C3C(=O)Nc4ncc(Br)cc43)c(C)c2C1=O. The van der Waals surface area contributed by atoms with Gasteiger partial charge in [0, 0.05) is 47.3 Å². The lowest BCUT2D eigenvalue weighted by Gasteiger charge is -2.25. The molecule has 2 aliphatic heterocycles. The van der Waals surface area contributed by atoms with Crippen molar-refractivity contribution in [2.75, 3.05) is 38.0 Å². The van der Waals surface area contributed by atoms with Crippen molar-refractivity contribution in [2.45, 2.75) is 33.6 Å². The van der Waals surface area contributed by atoms with Crippen molar-refractivity contribution in [3.8, 4) is 0 Å². The third kappa shape index (κ3) is 4.19. The molecule has 0 bridgehead atoms. The molecular weight excluding hydrogens is 458 g/mol. The van der Waals surface area contributed by atoms with Gasteiger partial charge < -0.3 is 20.1 Å². The van der Waals surface area contributed by atoms with Crippen LogP contribution in [0.3, 0.4) is 0 Å². The van der Waals surface area contributed by atoms with Gasteiger partial charge in [-0.2, -0.15) is 0 Å². The fourth-order valence-electron chi connectivity index (χ4n) is 4.35. The first-order valence-corrected chi connectivity index (χ1v) is 11.6. The molecule has 7 nitrogen and oxygen atoms in total. The summed E-state index contributed by atoms with van der Waals surface area (Å²) in [6, 6.07) is 1.88. The van der Waals surface area contributed by atoms with Crippen LogP contribution in [0.5, 0.6) is 0 Å². The van der Waals surface area contributed by atoms with Crippen molar-refractivity contribution in [1.82, 2.24) is 19.8 Å². The Balaban J connectivity index is 1.65. The molecule has 0 aromatic carbocycles. The molecule has 2 aliphatic rings. The van der Waals surface area contributed by atoms with Crippen molar-refractivity contribution in [3.05, 3.63) is 44.8 Å². The van der Waals surface area contributed by atoms with Crippen LogP contribution in [-0.4, -0.2) is 64.3 Å². The van der Waals surface area contributed by atoms with Gasteiger partial charge in [0.05, 0.1) is 11.1 Å². The molecule has 4 heterocycles. The summed E-state index contributed by atoms with van der Waals surface area (Å²) >= 11 is 3.43. The van der Waals surface area contributed by atoms with Gasteiger partial charge in [-0.3, -0.25) is 9.59 Å². The number of rotatable bonds is 6. The minimum atomic E-state index is -0.183. The van der Waals surface area contributed by atoms with E-state index in [1.807, 2.05) is 24.0 Å². The molecule has 31 heavy (non-hydrogen) atoms. The second-order valence-corrected chi connectivity index (χ2v) is 8.92. The predicted molar refractivity (Wildman–Crippen MR) is 126 cm³/mol. The summed E-state index contributed by atoms with van der Waals surface area (Å²) in [5, 5.41) is 2.81. The van der Waals surface area contributed by atoms with Gasteiger partial charge in [-0.25, -0.2) is 4.98 Å². The molecule has 2 amide bonds. The Labute approximate surface area is 191 Å². The number of aromatic nitrogens is 2. The van der Waals surface area contributed by atoms with E-state index in [4.69, 9.17) is 0 Å². The highest BCUT2D eigenvalue weighted by molar-refractivity contribution is 9.10. The molecule has 2 aromatic heterocycles. The summed E-state index contributed by atoms with van der Waals surface area (Å²) in [7, 11) is 0. The molecule has 0 spiro atoms. The highest BCUT2D eigenvalue weighted by atomic mass is 79.9. The Morgan fingerprint density at radius 2 is 2.06 bits per heavy atom. The number of likely N-dealkylation sites (N-methyl/N-ethyl adjacent to an activating group) is 1. The molecule has 0 unspecified atom stereocenters. The number of carbonyl (C=O) groups excluding carboxylic acids is 2. The Bertz CT molecular complexity index is 1050. The van der Waals surface area contributed by atoms with E-state index < -0.39 is 0 Å². The van der Waals surface area contributed by atoms with Crippen LogP contribution in [0.2, 0.25) is 0 Å². The zero-order chi connectivity index (χ0) is 22.1. The molecule has 2 aromatic rings. The summed E-state index contributed by atoms with van der Waals surface area (Å²) in [4.78, 5) is 37.9. The number of nitrogens with zero attached hydrogens (tertiary/aromatic N) is 3. The van der Waals surface area contributed by atoms with E-state index in [0.717, 1.165) is 78.1 Å². The molecular formula is C23H28BrN5O2. The first-order chi connectivity index (χ1) is 14.9. The van der Waals surface area contributed by atoms with Gasteiger partial charge in [0.15, 0.2) is 0 Å². The van der Waals surface area contributed by atoms with E-state index in [2.05, 4.69) is 50.0 Å². The number of hydrogen-bond donors (Lipinski definition) is 2. The lowest BCUT2D eigenvalue weighted by molar-refractivity contribution is -0.110. The lowest BCUT2D eigenvalue weighted by atomic mass is 10.0. The molecule has 0 fully saturated rings. The van der Waals surface area contributed by atoms with Gasteiger partial charge in [-0.1, -0.05) is 13.8 Å². The maximum atomic E-state index is 13.4. The third-order valence-corrected chi connectivity index (χ3v) is 6.65. The number of aromatic amines is 1. The number of amides is 2. The number of anilines is 1. The summed E-state index contributed by atoms with van der Waals surface area (Å²) in [6.45, 7) is 10.6. The Hall–Kier alpha value is -2.45. The summed E-state index contributed by atoms with van der Waals surface area (Å²) in [5.41, 5.74) is 4.74. The van der Waals surface area contributed by atoms with Crippen LogP contribution in [0, 0.1) is 6.92 Å². The molecule has 0 saturated heterocycles. The standard InChI is InChI=1S/C23H28BrN5O2/c1-4-28(5-2)9-10-29-8-6-7-18-20(23(29)31)14(3)19(26-18)12-17-16-11-15(24)13-25-21(16)27-22(17)30/h11-13,26H,4-10H2,1-3H3,(H,25,27,30). The van der Waals surface area contributed by atoms with Gasteiger partial charge in [0.2, 0.25) is 0 Å². The van der Waals surface area contributed by atoms with E-state index in [-0.39, 0.29) is 11.8 Å². The Morgan fingerprint density at radius 3 is 2.81 bits per heavy atom. The molecule has 0 atom stereocenters. The van der Waals surface area contributed by atoms with E-state index in [9.17, 15) is 9.59 Å². The maximum Gasteiger partial charge on any atom is 0.257 e. The number of nitrogens with one attached hydrogen (secondary N) is 2. The first-order valence-electron chi connectivity index (χ1n) is 10.8. The largest absolute Gasteiger partial charge is 0.358 e. The monoisotopic (exact) mass is 485 g/mol. The van der Waals surface area contributed by atoms with Crippen molar-refractivity contribution < 1.29 is 9.59 Å². The summed E-state index contributed by atoms with van der Waals surface area (Å²) in [5.74, 6) is 0.458. The Kier molecular flexibility index (Phi) is 6.29. The van der Waals surface area contributed by atoms with Crippen LogP contribution >= 0.6 is 15.9 Å². The molecule has 164 valence electrons. The maximum absolute atomic E-state index is 13.4. The van der Waals surface area contributed by atoms with Crippen molar-refractivity contribution in [1.29, 1.82) is 0 Å². The summed E-state index contributed by atoms with van der Waals surface area (Å²) in [6.07, 6.45) is 5.25. The van der Waals surface area contributed by atoms with E-state index in [1.165, 1.54) is 0 Å². The van der Waals surface area contributed by atoms with Crippen LogP contribution in [0.15, 0.2) is 16.7 Å². The van der Waals surface area contributed by atoms with Crippen molar-refractivity contribution in [3.63, 3.8) is 0 Å². The number of fused-ring (bicyclic) bond motifs is 2. The van der Waals surface area contributed by atoms with Crippen LogP contribution in [-0.2, 0) is 11.2 Å². The minimum absolute atomic E-state index is 0.0822. The van der Waals surface area contributed by atoms with Gasteiger partial charge in [0.25, 0.3) is 11.8 Å². The fourth-order valence-corrected chi connectivity index (χ4v) is 4.68. The molecule has 2 N–H and O–H groups in total. The van der Waals surface area contributed by atoms with Gasteiger partial charge in [0.1, 0.15) is 5.82 Å². The van der Waals surface area contributed by atoms with Crippen molar-refractivity contribution >= 4 is 45.2 Å². The quantitative estimate of drug-likeness (QED) is 0.611. The number of H-pyrrole nitrogens is 1. The predicted octanol–water partition coefficient (Wildman–Crippen LogP) is 3.70. The van der Waals surface area contributed by atoms with E-state index in [0.29, 0.717) is 11.4 Å². The van der Waals surface area contributed by atoms with Crippen LogP contribution in [0.1, 0.15) is 53.1 Å². The minimum Gasteiger partial charge on any atom is -0.358 e. The van der Waals surface area contributed by atoms with E-state index >= 15 is 0 Å². The second kappa shape index (κ2) is 8.96. The average Bonchev–Trinajstić information content (AvgIpc) is 3.17. The van der Waals surface area contributed by atoms with E-state index in [1.54, 1.807) is 6.20 Å².